The van der Waals surface area contributed by atoms with Crippen LogP contribution in [0, 0.1) is 0 Å². The molecule has 0 amide bonds. The maximum Gasteiger partial charge on any atom is 0.127 e. The van der Waals surface area contributed by atoms with Gasteiger partial charge < -0.3 is 10.2 Å². The summed E-state index contributed by atoms with van der Waals surface area (Å²) in [5, 5.41) is 3.17. The number of nitrogens with one attached hydrogen (secondary N) is 1. The molecule has 0 saturated carbocycles. The van der Waals surface area contributed by atoms with Crippen LogP contribution in [-0.4, -0.2) is 65.0 Å². The summed E-state index contributed by atoms with van der Waals surface area (Å²) in [5.41, 5.74) is 7.42. The molecular weight excluding hydrogens is 420 g/mol. The van der Waals surface area contributed by atoms with Crippen molar-refractivity contribution in [3.63, 3.8) is 0 Å². The predicted molar refractivity (Wildman–Crippen MR) is 138 cm³/mol. The average molecular weight is 451 g/mol. The third kappa shape index (κ3) is 5.14. The van der Waals surface area contributed by atoms with E-state index >= 15 is 0 Å². The topological polar surface area (TPSA) is 57.2 Å². The van der Waals surface area contributed by atoms with E-state index in [9.17, 15) is 0 Å². The molecule has 1 N–H and O–H groups in total. The van der Waals surface area contributed by atoms with Crippen LogP contribution < -0.4 is 5.32 Å². The smallest absolute Gasteiger partial charge is 0.127 e. The summed E-state index contributed by atoms with van der Waals surface area (Å²) in [6.07, 6.45) is 5.62. The van der Waals surface area contributed by atoms with Gasteiger partial charge in [-0.25, -0.2) is 4.98 Å². The van der Waals surface area contributed by atoms with Gasteiger partial charge in [-0.05, 0) is 54.1 Å². The Bertz CT molecular complexity index is 1230. The molecule has 1 aliphatic rings. The van der Waals surface area contributed by atoms with Gasteiger partial charge in [0, 0.05) is 69.5 Å². The highest BCUT2D eigenvalue weighted by molar-refractivity contribution is 5.76. The Morgan fingerprint density at radius 2 is 1.56 bits per heavy atom. The lowest BCUT2D eigenvalue weighted by Gasteiger charge is -2.32. The Labute approximate surface area is 201 Å². The first-order valence-electron chi connectivity index (χ1n) is 11.7. The fourth-order valence-electron chi connectivity index (χ4n) is 4.29. The van der Waals surface area contributed by atoms with Crippen molar-refractivity contribution in [2.24, 2.45) is 0 Å². The molecule has 3 aromatic heterocycles. The van der Waals surface area contributed by atoms with Gasteiger partial charge in [0.2, 0.25) is 0 Å². The van der Waals surface area contributed by atoms with Crippen LogP contribution in [0.3, 0.4) is 0 Å². The van der Waals surface area contributed by atoms with E-state index in [1.165, 1.54) is 11.1 Å². The Kier molecular flexibility index (Phi) is 6.60. The molecule has 5 rings (SSSR count). The van der Waals surface area contributed by atoms with Gasteiger partial charge in [-0.1, -0.05) is 30.3 Å². The van der Waals surface area contributed by atoms with E-state index in [-0.39, 0.29) is 0 Å². The molecule has 0 bridgehead atoms. The van der Waals surface area contributed by atoms with Crippen molar-refractivity contribution < 1.29 is 0 Å². The highest BCUT2D eigenvalue weighted by Gasteiger charge is 2.14. The van der Waals surface area contributed by atoms with Crippen molar-refractivity contribution in [3.05, 3.63) is 84.8 Å². The van der Waals surface area contributed by atoms with Gasteiger partial charge in [-0.2, -0.15) is 0 Å². The van der Waals surface area contributed by atoms with Crippen molar-refractivity contribution in [2.75, 3.05) is 45.6 Å². The van der Waals surface area contributed by atoms with Gasteiger partial charge in [-0.3, -0.25) is 14.9 Å². The van der Waals surface area contributed by atoms with Gasteiger partial charge in [0.1, 0.15) is 5.82 Å². The number of pyridine rings is 3. The zero-order valence-corrected chi connectivity index (χ0v) is 19.8. The Morgan fingerprint density at radius 1 is 0.794 bits per heavy atom. The van der Waals surface area contributed by atoms with Gasteiger partial charge in [0.05, 0.1) is 11.4 Å². The van der Waals surface area contributed by atoms with E-state index in [0.717, 1.165) is 66.6 Å². The monoisotopic (exact) mass is 450 g/mol. The van der Waals surface area contributed by atoms with Gasteiger partial charge in [0.25, 0.3) is 0 Å². The lowest BCUT2D eigenvalue weighted by molar-refractivity contribution is 0.148. The molecule has 0 spiro atoms. The average Bonchev–Trinajstić information content (AvgIpc) is 2.91. The predicted octanol–water partition coefficient (Wildman–Crippen LogP) is 4.66. The maximum absolute atomic E-state index is 4.69. The van der Waals surface area contributed by atoms with Crippen molar-refractivity contribution in [1.82, 2.24) is 24.8 Å². The summed E-state index contributed by atoms with van der Waals surface area (Å²) in [5.74, 6) is 0.803. The van der Waals surface area contributed by atoms with E-state index in [4.69, 9.17) is 0 Å². The highest BCUT2D eigenvalue weighted by atomic mass is 15.2. The number of hydrogen-bond donors (Lipinski definition) is 1. The number of anilines is 1. The standard InChI is InChI=1S/C28H30N6/c1-29-28-17-23(16-27(32-28)26-5-3-4-10-31-26)25-15-24(18-30-19-25)22-8-6-21(7-9-22)20-34-13-11-33(2)12-14-34/h3-10,15-19H,11-14,20H2,1-2H3,(H,29,32). The lowest BCUT2D eigenvalue weighted by atomic mass is 10.0. The highest BCUT2D eigenvalue weighted by Crippen LogP contribution is 2.29. The van der Waals surface area contributed by atoms with Crippen molar-refractivity contribution in [3.8, 4) is 33.6 Å². The molecule has 1 aromatic carbocycles. The minimum Gasteiger partial charge on any atom is -0.373 e. The fraction of sp³-hybridized carbons (Fsp3) is 0.250. The van der Waals surface area contributed by atoms with Crippen LogP contribution in [0.5, 0.6) is 0 Å². The van der Waals surface area contributed by atoms with E-state index < -0.39 is 0 Å². The minimum atomic E-state index is 0.803. The molecule has 4 heterocycles. The zero-order chi connectivity index (χ0) is 23.3. The van der Waals surface area contributed by atoms with Gasteiger partial charge in [0.15, 0.2) is 0 Å². The van der Waals surface area contributed by atoms with Crippen LogP contribution in [0.2, 0.25) is 0 Å². The van der Waals surface area contributed by atoms with Crippen molar-refractivity contribution >= 4 is 5.82 Å². The molecule has 6 heteroatoms. The van der Waals surface area contributed by atoms with Gasteiger partial charge >= 0.3 is 0 Å². The molecule has 0 unspecified atom stereocenters. The minimum absolute atomic E-state index is 0.803. The van der Waals surface area contributed by atoms with Crippen LogP contribution in [-0.2, 0) is 6.54 Å². The van der Waals surface area contributed by atoms with Crippen molar-refractivity contribution in [2.45, 2.75) is 6.54 Å². The first-order valence-corrected chi connectivity index (χ1v) is 11.7. The second-order valence-electron chi connectivity index (χ2n) is 8.83. The normalized spacial score (nSPS) is 14.8. The number of likely N-dealkylation sites (N-methyl/N-ethyl adjacent to an activating group) is 1. The number of rotatable bonds is 6. The molecular formula is C28H30N6. The Morgan fingerprint density at radius 3 is 2.26 bits per heavy atom. The molecule has 6 nitrogen and oxygen atoms in total. The molecule has 172 valence electrons. The number of hydrogen-bond acceptors (Lipinski definition) is 6. The van der Waals surface area contributed by atoms with E-state index in [1.54, 1.807) is 6.20 Å². The molecule has 0 atom stereocenters. The Balaban J connectivity index is 1.39. The summed E-state index contributed by atoms with van der Waals surface area (Å²) in [6.45, 7) is 5.55. The number of benzene rings is 1. The molecule has 0 aliphatic carbocycles. The molecule has 34 heavy (non-hydrogen) atoms. The van der Waals surface area contributed by atoms with Crippen LogP contribution in [0.1, 0.15) is 5.56 Å². The molecule has 1 aliphatic heterocycles. The Hall–Kier alpha value is -3.61. The molecule has 0 radical (unpaired) electrons. The SMILES string of the molecule is CNc1cc(-c2cncc(-c3ccc(CN4CCN(C)CC4)cc3)c2)cc(-c2ccccn2)n1. The van der Waals surface area contributed by atoms with Crippen LogP contribution in [0.4, 0.5) is 5.82 Å². The van der Waals surface area contributed by atoms with Crippen LogP contribution >= 0.6 is 0 Å². The number of piperazine rings is 1. The quantitative estimate of drug-likeness (QED) is 0.461. The van der Waals surface area contributed by atoms with Crippen LogP contribution in [0.15, 0.2) is 79.3 Å². The summed E-state index contributed by atoms with van der Waals surface area (Å²) in [7, 11) is 4.08. The fourth-order valence-corrected chi connectivity index (χ4v) is 4.29. The third-order valence-electron chi connectivity index (χ3n) is 6.37. The molecule has 4 aromatic rings. The van der Waals surface area contributed by atoms with E-state index in [1.807, 2.05) is 43.7 Å². The summed E-state index contributed by atoms with van der Waals surface area (Å²) < 4.78 is 0. The second-order valence-corrected chi connectivity index (χ2v) is 8.83. The molecule has 1 saturated heterocycles. The van der Waals surface area contributed by atoms with Crippen LogP contribution in [0.25, 0.3) is 33.6 Å². The second kappa shape index (κ2) is 10.1. The first kappa shape index (κ1) is 22.2. The zero-order valence-electron chi connectivity index (χ0n) is 19.8. The summed E-state index contributed by atoms with van der Waals surface area (Å²) in [6, 6.07) is 21.1. The largest absolute Gasteiger partial charge is 0.373 e. The van der Waals surface area contributed by atoms with Gasteiger partial charge in [-0.15, -0.1) is 0 Å². The van der Waals surface area contributed by atoms with E-state index in [0.29, 0.717) is 0 Å². The lowest BCUT2D eigenvalue weighted by Crippen LogP contribution is -2.43. The number of nitrogens with zero attached hydrogens (tertiary/aromatic N) is 5. The van der Waals surface area contributed by atoms with E-state index in [2.05, 4.69) is 73.5 Å². The first-order chi connectivity index (χ1) is 16.7. The maximum atomic E-state index is 4.69. The summed E-state index contributed by atoms with van der Waals surface area (Å²) in [4.78, 5) is 18.6. The third-order valence-corrected chi connectivity index (χ3v) is 6.37. The molecule has 1 fully saturated rings. The van der Waals surface area contributed by atoms with Crippen molar-refractivity contribution in [1.29, 1.82) is 0 Å². The number of aromatic nitrogens is 3. The summed E-state index contributed by atoms with van der Waals surface area (Å²) >= 11 is 0.